The van der Waals surface area contributed by atoms with E-state index in [2.05, 4.69) is 16.9 Å². The second kappa shape index (κ2) is 7.95. The van der Waals surface area contributed by atoms with Crippen molar-refractivity contribution in [3.8, 4) is 28.5 Å². The van der Waals surface area contributed by atoms with Gasteiger partial charge in [0.15, 0.2) is 5.82 Å². The number of pyridine rings is 1. The van der Waals surface area contributed by atoms with Gasteiger partial charge in [-0.3, -0.25) is 0 Å². The Morgan fingerprint density at radius 3 is 2.68 bits per heavy atom. The number of fused-ring (bicyclic) bond motifs is 1. The Bertz CT molecular complexity index is 1140. The number of aryl methyl sites for hydroxylation is 1. The standard InChI is InChI=1S/C23H20ClN3O/c1-3-12-28-21-11-9-16(13-18(21)24)22-15(2)8-10-20(26-22)23-25-14-17-6-4-5-7-19(17)27-23/h4-11,13-14H,3,12H2,1-2H3. The summed E-state index contributed by atoms with van der Waals surface area (Å²) in [7, 11) is 0. The summed E-state index contributed by atoms with van der Waals surface area (Å²) in [6, 6.07) is 17.7. The molecule has 0 radical (unpaired) electrons. The normalized spacial score (nSPS) is 11.0. The van der Waals surface area contributed by atoms with Crippen LogP contribution >= 0.6 is 11.6 Å². The molecule has 0 saturated carbocycles. The lowest BCUT2D eigenvalue weighted by molar-refractivity contribution is 0.317. The van der Waals surface area contributed by atoms with Crippen LogP contribution in [0, 0.1) is 6.92 Å². The third kappa shape index (κ3) is 3.69. The van der Waals surface area contributed by atoms with Gasteiger partial charge in [-0.2, -0.15) is 0 Å². The van der Waals surface area contributed by atoms with E-state index in [0.717, 1.165) is 39.8 Å². The van der Waals surface area contributed by atoms with Gasteiger partial charge >= 0.3 is 0 Å². The van der Waals surface area contributed by atoms with E-state index >= 15 is 0 Å². The highest BCUT2D eigenvalue weighted by molar-refractivity contribution is 6.32. The zero-order valence-corrected chi connectivity index (χ0v) is 16.6. The smallest absolute Gasteiger partial charge is 0.178 e. The molecule has 0 aliphatic rings. The minimum atomic E-state index is 0.583. The van der Waals surface area contributed by atoms with E-state index in [1.165, 1.54) is 0 Å². The molecule has 4 aromatic rings. The first-order valence-electron chi connectivity index (χ1n) is 9.28. The number of hydrogen-bond donors (Lipinski definition) is 0. The number of nitrogens with zero attached hydrogens (tertiary/aromatic N) is 3. The van der Waals surface area contributed by atoms with Crippen molar-refractivity contribution >= 4 is 22.5 Å². The molecule has 28 heavy (non-hydrogen) atoms. The second-order valence-electron chi connectivity index (χ2n) is 6.61. The Balaban J connectivity index is 1.73. The van der Waals surface area contributed by atoms with E-state index in [0.29, 0.717) is 23.2 Å². The molecule has 0 atom stereocenters. The fraction of sp³-hybridized carbons (Fsp3) is 0.174. The Hall–Kier alpha value is -2.98. The van der Waals surface area contributed by atoms with Crippen LogP contribution in [-0.4, -0.2) is 21.6 Å². The van der Waals surface area contributed by atoms with E-state index in [-0.39, 0.29) is 0 Å². The predicted octanol–water partition coefficient (Wildman–Crippen LogP) is 6.11. The number of ether oxygens (including phenoxy) is 1. The largest absolute Gasteiger partial charge is 0.492 e. The zero-order chi connectivity index (χ0) is 19.5. The molecule has 0 bridgehead atoms. The number of para-hydroxylation sites is 1. The maximum Gasteiger partial charge on any atom is 0.178 e. The Morgan fingerprint density at radius 2 is 1.86 bits per heavy atom. The summed E-state index contributed by atoms with van der Waals surface area (Å²) >= 11 is 6.41. The number of aromatic nitrogens is 3. The lowest BCUT2D eigenvalue weighted by Crippen LogP contribution is -1.97. The van der Waals surface area contributed by atoms with E-state index in [1.54, 1.807) is 0 Å². The second-order valence-corrected chi connectivity index (χ2v) is 7.02. The van der Waals surface area contributed by atoms with Crippen molar-refractivity contribution in [2.24, 2.45) is 0 Å². The van der Waals surface area contributed by atoms with Gasteiger partial charge < -0.3 is 4.74 Å². The number of halogens is 1. The van der Waals surface area contributed by atoms with Crippen molar-refractivity contribution in [2.75, 3.05) is 6.61 Å². The molecule has 0 aliphatic heterocycles. The summed E-state index contributed by atoms with van der Waals surface area (Å²) in [5.74, 6) is 1.30. The first kappa shape index (κ1) is 18.4. The Kier molecular flexibility index (Phi) is 5.22. The molecule has 0 amide bonds. The Morgan fingerprint density at radius 1 is 1.00 bits per heavy atom. The number of benzene rings is 2. The van der Waals surface area contributed by atoms with Gasteiger partial charge in [0.25, 0.3) is 0 Å². The third-order valence-corrected chi connectivity index (χ3v) is 4.78. The highest BCUT2D eigenvalue weighted by atomic mass is 35.5. The molecule has 0 fully saturated rings. The highest BCUT2D eigenvalue weighted by Crippen LogP contribution is 2.32. The van der Waals surface area contributed by atoms with Gasteiger partial charge in [-0.25, -0.2) is 15.0 Å². The van der Waals surface area contributed by atoms with Crippen LogP contribution in [0.3, 0.4) is 0 Å². The Labute approximate surface area is 169 Å². The van der Waals surface area contributed by atoms with Crippen LogP contribution in [0.2, 0.25) is 5.02 Å². The number of rotatable bonds is 5. The fourth-order valence-electron chi connectivity index (χ4n) is 3.02. The van der Waals surface area contributed by atoms with Gasteiger partial charge in [-0.05, 0) is 49.2 Å². The van der Waals surface area contributed by atoms with Crippen molar-refractivity contribution in [3.05, 3.63) is 71.4 Å². The monoisotopic (exact) mass is 389 g/mol. The molecule has 0 saturated heterocycles. The molecule has 140 valence electrons. The average molecular weight is 390 g/mol. The van der Waals surface area contributed by atoms with Crippen molar-refractivity contribution < 1.29 is 4.74 Å². The van der Waals surface area contributed by atoms with Gasteiger partial charge in [-0.15, -0.1) is 0 Å². The van der Waals surface area contributed by atoms with Gasteiger partial charge in [0.1, 0.15) is 11.4 Å². The molecule has 2 heterocycles. The third-order valence-electron chi connectivity index (χ3n) is 4.48. The highest BCUT2D eigenvalue weighted by Gasteiger charge is 2.12. The van der Waals surface area contributed by atoms with Gasteiger partial charge in [0.2, 0.25) is 0 Å². The number of hydrogen-bond acceptors (Lipinski definition) is 4. The minimum Gasteiger partial charge on any atom is -0.492 e. The molecule has 4 nitrogen and oxygen atoms in total. The molecule has 0 aliphatic carbocycles. The van der Waals surface area contributed by atoms with Crippen LogP contribution in [0.4, 0.5) is 0 Å². The molecule has 2 aromatic heterocycles. The first-order chi connectivity index (χ1) is 13.7. The summed E-state index contributed by atoms with van der Waals surface area (Å²) in [5, 5.41) is 1.59. The summed E-state index contributed by atoms with van der Waals surface area (Å²) in [5.41, 5.74) is 4.49. The molecule has 2 aromatic carbocycles. The average Bonchev–Trinajstić information content (AvgIpc) is 2.73. The molecular weight excluding hydrogens is 370 g/mol. The summed E-state index contributed by atoms with van der Waals surface area (Å²) in [6.45, 7) is 4.74. The molecule has 5 heteroatoms. The van der Waals surface area contributed by atoms with Crippen LogP contribution in [0.1, 0.15) is 18.9 Å². The van der Waals surface area contributed by atoms with Gasteiger partial charge in [-0.1, -0.05) is 42.8 Å². The van der Waals surface area contributed by atoms with E-state index in [9.17, 15) is 0 Å². The first-order valence-corrected chi connectivity index (χ1v) is 9.66. The maximum atomic E-state index is 6.41. The zero-order valence-electron chi connectivity index (χ0n) is 15.8. The molecule has 0 unspecified atom stereocenters. The van der Waals surface area contributed by atoms with Crippen molar-refractivity contribution in [3.63, 3.8) is 0 Å². The van der Waals surface area contributed by atoms with Crippen molar-refractivity contribution in [1.82, 2.24) is 15.0 Å². The summed E-state index contributed by atoms with van der Waals surface area (Å²) in [6.07, 6.45) is 2.77. The van der Waals surface area contributed by atoms with Gasteiger partial charge in [0.05, 0.1) is 22.8 Å². The van der Waals surface area contributed by atoms with Crippen LogP contribution in [0.5, 0.6) is 5.75 Å². The van der Waals surface area contributed by atoms with E-state index in [4.69, 9.17) is 21.3 Å². The SMILES string of the molecule is CCCOc1ccc(-c2nc(-c3ncc4ccccc4n3)ccc2C)cc1Cl. The van der Waals surface area contributed by atoms with E-state index in [1.807, 2.05) is 67.7 Å². The van der Waals surface area contributed by atoms with Crippen molar-refractivity contribution in [1.29, 1.82) is 0 Å². The van der Waals surface area contributed by atoms with Crippen molar-refractivity contribution in [2.45, 2.75) is 20.3 Å². The van der Waals surface area contributed by atoms with Crippen LogP contribution in [-0.2, 0) is 0 Å². The lowest BCUT2D eigenvalue weighted by Gasteiger charge is -2.11. The summed E-state index contributed by atoms with van der Waals surface area (Å²) < 4.78 is 5.67. The predicted molar refractivity (Wildman–Crippen MR) is 114 cm³/mol. The fourth-order valence-corrected chi connectivity index (χ4v) is 3.25. The molecular formula is C23H20ClN3O. The molecule has 0 spiro atoms. The summed E-state index contributed by atoms with van der Waals surface area (Å²) in [4.78, 5) is 14.0. The molecule has 4 rings (SSSR count). The van der Waals surface area contributed by atoms with E-state index < -0.39 is 0 Å². The van der Waals surface area contributed by atoms with Crippen LogP contribution in [0.25, 0.3) is 33.7 Å². The minimum absolute atomic E-state index is 0.583. The maximum absolute atomic E-state index is 6.41. The topological polar surface area (TPSA) is 47.9 Å². The lowest BCUT2D eigenvalue weighted by atomic mass is 10.1. The van der Waals surface area contributed by atoms with Crippen LogP contribution < -0.4 is 4.74 Å². The molecule has 0 N–H and O–H groups in total. The van der Waals surface area contributed by atoms with Crippen LogP contribution in [0.15, 0.2) is 60.8 Å². The van der Waals surface area contributed by atoms with Gasteiger partial charge in [0, 0.05) is 17.1 Å². The quantitative estimate of drug-likeness (QED) is 0.413.